The van der Waals surface area contributed by atoms with Crippen LogP contribution in [0, 0.1) is 0 Å². The summed E-state index contributed by atoms with van der Waals surface area (Å²) in [6.45, 7) is 4.62. The van der Waals surface area contributed by atoms with Gasteiger partial charge in [-0.15, -0.1) is 0 Å². The van der Waals surface area contributed by atoms with Gasteiger partial charge in [-0.05, 0) is 32.0 Å². The number of hydrogen-bond acceptors (Lipinski definition) is 5. The number of halogens is 1. The van der Waals surface area contributed by atoms with Crippen LogP contribution < -0.4 is 9.50 Å². The second kappa shape index (κ2) is 9.71. The molecule has 0 fully saturated rings. The molecule has 24 heavy (non-hydrogen) atoms. The summed E-state index contributed by atoms with van der Waals surface area (Å²) >= 11 is 6.00. The van der Waals surface area contributed by atoms with Crippen LogP contribution >= 0.6 is 11.6 Å². The first-order valence-corrected chi connectivity index (χ1v) is 9.50. The minimum Gasteiger partial charge on any atom is -0.383 e. The number of methoxy groups -OCH3 is 1. The number of ether oxygens (including phenoxy) is 1. The van der Waals surface area contributed by atoms with E-state index >= 15 is 0 Å². The maximum absolute atomic E-state index is 12.2. The van der Waals surface area contributed by atoms with Crippen LogP contribution in [0.25, 0.3) is 0 Å². The second-order valence-electron chi connectivity index (χ2n) is 4.93. The topological polar surface area (TPSA) is 84.9 Å². The highest BCUT2D eigenvalue weighted by atomic mass is 35.5. The lowest BCUT2D eigenvalue weighted by Crippen LogP contribution is -2.41. The smallest absolute Gasteiger partial charge is 0.317 e. The molecule has 0 aromatic heterocycles. The number of carbonyl (C=O) groups is 1. The van der Waals surface area contributed by atoms with Crippen LogP contribution in [0.2, 0.25) is 5.02 Å². The van der Waals surface area contributed by atoms with Crippen molar-refractivity contribution in [2.75, 3.05) is 32.6 Å². The van der Waals surface area contributed by atoms with Gasteiger partial charge in [-0.25, -0.2) is 4.79 Å². The number of nitrogens with zero attached hydrogens (tertiary/aromatic N) is 1. The molecule has 0 atom stereocenters. The third kappa shape index (κ3) is 6.54. The Hall–Kier alpha value is -1.51. The lowest BCUT2D eigenvalue weighted by molar-refractivity contribution is 0.146. The predicted octanol–water partition coefficient (Wildman–Crippen LogP) is 2.25. The summed E-state index contributed by atoms with van der Waals surface area (Å²) in [5, 5.41) is 3.13. The second-order valence-corrected chi connectivity index (χ2v) is 7.23. The molecular weight excluding hydrogens is 356 g/mol. The molecule has 7 nitrogen and oxygen atoms in total. The molecule has 0 radical (unpaired) electrons. The van der Waals surface area contributed by atoms with Crippen LogP contribution in [0.3, 0.4) is 0 Å². The summed E-state index contributed by atoms with van der Waals surface area (Å²) in [5.74, 6) is 0.00616. The molecule has 9 heteroatoms. The van der Waals surface area contributed by atoms with E-state index in [2.05, 4.69) is 5.32 Å². The van der Waals surface area contributed by atoms with Gasteiger partial charge in [-0.1, -0.05) is 11.6 Å². The molecule has 0 spiro atoms. The highest BCUT2D eigenvalue weighted by molar-refractivity contribution is 7.87. The number of amides is 2. The Labute approximate surface area is 148 Å². The zero-order chi connectivity index (χ0) is 18.2. The molecule has 0 saturated carbocycles. The van der Waals surface area contributed by atoms with E-state index in [1.165, 1.54) is 31.1 Å². The van der Waals surface area contributed by atoms with Gasteiger partial charge in [0.2, 0.25) is 0 Å². The molecule has 0 aliphatic carbocycles. The standard InChI is InChI=1S/C15H23ClN2O5S/c1-4-17-15(19)18(8-9-22-3)11-12-10-13(16)6-7-14(12)23-24(20,21)5-2/h6-7,10H,4-5,8-9,11H2,1-3H3,(H,17,19). The number of hydrogen-bond donors (Lipinski definition) is 1. The van der Waals surface area contributed by atoms with Crippen LogP contribution in [0.1, 0.15) is 19.4 Å². The predicted molar refractivity (Wildman–Crippen MR) is 92.9 cm³/mol. The van der Waals surface area contributed by atoms with Crippen molar-refractivity contribution in [3.05, 3.63) is 28.8 Å². The molecule has 136 valence electrons. The Kier molecular flexibility index (Phi) is 8.30. The van der Waals surface area contributed by atoms with Gasteiger partial charge in [0.1, 0.15) is 5.75 Å². The largest absolute Gasteiger partial charge is 0.383 e. The first kappa shape index (κ1) is 20.5. The van der Waals surface area contributed by atoms with Gasteiger partial charge in [0, 0.05) is 30.8 Å². The van der Waals surface area contributed by atoms with E-state index in [9.17, 15) is 13.2 Å². The van der Waals surface area contributed by atoms with Gasteiger partial charge in [-0.2, -0.15) is 8.42 Å². The molecule has 0 aliphatic heterocycles. The quantitative estimate of drug-likeness (QED) is 0.666. The third-order valence-corrected chi connectivity index (χ3v) is 4.51. The van der Waals surface area contributed by atoms with Crippen LogP contribution in [-0.2, 0) is 21.4 Å². The summed E-state index contributed by atoms with van der Waals surface area (Å²) in [7, 11) is -2.14. The number of rotatable bonds is 9. The molecule has 1 aromatic rings. The summed E-state index contributed by atoms with van der Waals surface area (Å²) < 4.78 is 33.6. The van der Waals surface area contributed by atoms with Crippen molar-refractivity contribution in [2.24, 2.45) is 0 Å². The van der Waals surface area contributed by atoms with Crippen molar-refractivity contribution < 1.29 is 22.1 Å². The minimum absolute atomic E-state index is 0.143. The lowest BCUT2D eigenvalue weighted by Gasteiger charge is -2.23. The molecule has 1 N–H and O–H groups in total. The lowest BCUT2D eigenvalue weighted by atomic mass is 10.2. The number of urea groups is 1. The van der Waals surface area contributed by atoms with Gasteiger partial charge in [0.15, 0.2) is 0 Å². The average Bonchev–Trinajstić information content (AvgIpc) is 2.53. The molecule has 2 amide bonds. The third-order valence-electron chi connectivity index (χ3n) is 3.13. The van der Waals surface area contributed by atoms with Crippen molar-refractivity contribution in [2.45, 2.75) is 20.4 Å². The van der Waals surface area contributed by atoms with E-state index in [1.807, 2.05) is 6.92 Å². The maximum Gasteiger partial charge on any atom is 0.317 e. The van der Waals surface area contributed by atoms with Crippen LogP contribution in [0.4, 0.5) is 4.79 Å². The van der Waals surface area contributed by atoms with Gasteiger partial charge < -0.3 is 19.1 Å². The van der Waals surface area contributed by atoms with E-state index in [-0.39, 0.29) is 24.1 Å². The van der Waals surface area contributed by atoms with E-state index in [1.54, 1.807) is 6.07 Å². The van der Waals surface area contributed by atoms with Gasteiger partial charge in [0.25, 0.3) is 0 Å². The minimum atomic E-state index is -3.68. The first-order valence-electron chi connectivity index (χ1n) is 7.55. The number of carbonyl (C=O) groups excluding carboxylic acids is 1. The Balaban J connectivity index is 3.07. The normalized spacial score (nSPS) is 11.2. The summed E-state index contributed by atoms with van der Waals surface area (Å²) in [4.78, 5) is 13.7. The van der Waals surface area contributed by atoms with E-state index < -0.39 is 10.1 Å². The fourth-order valence-electron chi connectivity index (χ4n) is 1.87. The van der Waals surface area contributed by atoms with Crippen molar-refractivity contribution in [3.8, 4) is 5.75 Å². The van der Waals surface area contributed by atoms with Crippen molar-refractivity contribution >= 4 is 27.8 Å². The highest BCUT2D eigenvalue weighted by Gasteiger charge is 2.18. The number of nitrogens with one attached hydrogen (secondary N) is 1. The Morgan fingerprint density at radius 3 is 2.62 bits per heavy atom. The molecule has 1 aromatic carbocycles. The monoisotopic (exact) mass is 378 g/mol. The number of benzene rings is 1. The van der Waals surface area contributed by atoms with E-state index in [4.69, 9.17) is 20.5 Å². The van der Waals surface area contributed by atoms with Crippen molar-refractivity contribution in [3.63, 3.8) is 0 Å². The Morgan fingerprint density at radius 1 is 1.33 bits per heavy atom. The van der Waals surface area contributed by atoms with Gasteiger partial charge >= 0.3 is 16.1 Å². The fourth-order valence-corrected chi connectivity index (χ4v) is 2.62. The van der Waals surface area contributed by atoms with Crippen molar-refractivity contribution in [1.82, 2.24) is 10.2 Å². The van der Waals surface area contributed by atoms with Gasteiger partial charge in [-0.3, -0.25) is 0 Å². The first-order chi connectivity index (χ1) is 11.3. The maximum atomic E-state index is 12.2. The molecule has 1 rings (SSSR count). The molecule has 0 heterocycles. The average molecular weight is 379 g/mol. The SMILES string of the molecule is CCNC(=O)N(CCOC)Cc1cc(Cl)ccc1OS(=O)(=O)CC. The van der Waals surface area contributed by atoms with Gasteiger partial charge in [0.05, 0.1) is 18.9 Å². The molecule has 0 aliphatic rings. The zero-order valence-corrected chi connectivity index (χ0v) is 15.6. The van der Waals surface area contributed by atoms with Crippen molar-refractivity contribution in [1.29, 1.82) is 0 Å². The molecular formula is C15H23ClN2O5S. The van der Waals surface area contributed by atoms with E-state index in [0.717, 1.165) is 0 Å². The summed E-state index contributed by atoms with van der Waals surface area (Å²) in [6, 6.07) is 4.33. The highest BCUT2D eigenvalue weighted by Crippen LogP contribution is 2.26. The summed E-state index contributed by atoms with van der Waals surface area (Å²) in [5.41, 5.74) is 0.502. The molecule has 0 saturated heterocycles. The van der Waals surface area contributed by atoms with Crippen LogP contribution in [-0.4, -0.2) is 51.9 Å². The van der Waals surface area contributed by atoms with Crippen LogP contribution in [0.5, 0.6) is 5.75 Å². The molecule has 0 bridgehead atoms. The van der Waals surface area contributed by atoms with Crippen LogP contribution in [0.15, 0.2) is 18.2 Å². The van der Waals surface area contributed by atoms with E-state index in [0.29, 0.717) is 30.3 Å². The Morgan fingerprint density at radius 2 is 2.04 bits per heavy atom. The fraction of sp³-hybridized carbons (Fsp3) is 0.533. The molecule has 0 unspecified atom stereocenters. The summed E-state index contributed by atoms with van der Waals surface area (Å²) in [6.07, 6.45) is 0. The zero-order valence-electron chi connectivity index (χ0n) is 14.0. The Bertz CT molecular complexity index is 651.